The predicted octanol–water partition coefficient (Wildman–Crippen LogP) is 0.790. The Bertz CT molecular complexity index is 205. The van der Waals surface area contributed by atoms with Crippen LogP contribution in [0.4, 0.5) is 0 Å². The number of hydrogen-bond acceptors (Lipinski definition) is 3. The van der Waals surface area contributed by atoms with Crippen LogP contribution in [0, 0.1) is 5.92 Å². The fraction of sp³-hybridized carbons (Fsp3) is 1.00. The number of nitrogens with zero attached hydrogens (tertiary/aromatic N) is 1. The third-order valence-electron chi connectivity index (χ3n) is 3.62. The summed E-state index contributed by atoms with van der Waals surface area (Å²) in [7, 11) is 0. The van der Waals surface area contributed by atoms with Gasteiger partial charge in [0.25, 0.3) is 0 Å². The summed E-state index contributed by atoms with van der Waals surface area (Å²) in [6, 6.07) is 0.910. The lowest BCUT2D eigenvalue weighted by Gasteiger charge is -2.29. The largest absolute Gasteiger partial charge is 0.359 e. The molecule has 1 unspecified atom stereocenters. The van der Waals surface area contributed by atoms with Crippen LogP contribution in [0.3, 0.4) is 0 Å². The Morgan fingerprint density at radius 2 is 2.23 bits per heavy atom. The normalized spacial score (nSPS) is 43.8. The molecule has 76 valence electrons. The Labute approximate surface area is 80.2 Å². The van der Waals surface area contributed by atoms with Crippen molar-refractivity contribution in [1.82, 2.24) is 4.90 Å². The molecule has 2 aliphatic rings. The number of nitrogens with two attached hydrogens (primary N) is 1. The monoisotopic (exact) mass is 184 g/mol. The lowest BCUT2D eigenvalue weighted by Crippen LogP contribution is -2.42. The Morgan fingerprint density at radius 3 is 2.85 bits per heavy atom. The standard InChI is InChI=1S/C10H20N2O/c1-4-7-8(11)5-12-9(7)6-13-10(12,2)3/h7-9H,4-6,11H2,1-3H3/t7-,8?,9-/m1/s1. The second-order valence-electron chi connectivity index (χ2n) is 4.71. The zero-order valence-corrected chi connectivity index (χ0v) is 8.79. The van der Waals surface area contributed by atoms with Crippen LogP contribution in [-0.4, -0.2) is 35.9 Å². The van der Waals surface area contributed by atoms with Crippen molar-refractivity contribution in [2.24, 2.45) is 11.7 Å². The van der Waals surface area contributed by atoms with Gasteiger partial charge in [-0.3, -0.25) is 4.90 Å². The van der Waals surface area contributed by atoms with E-state index in [1.165, 1.54) is 6.42 Å². The number of ether oxygens (including phenoxy) is 1. The van der Waals surface area contributed by atoms with Gasteiger partial charge in [0, 0.05) is 18.6 Å². The minimum atomic E-state index is -0.0911. The van der Waals surface area contributed by atoms with Crippen LogP contribution in [0.2, 0.25) is 0 Å². The molecule has 2 N–H and O–H groups in total. The highest BCUT2D eigenvalue weighted by Crippen LogP contribution is 2.38. The molecule has 0 saturated carbocycles. The summed E-state index contributed by atoms with van der Waals surface area (Å²) in [6.07, 6.45) is 1.17. The van der Waals surface area contributed by atoms with E-state index >= 15 is 0 Å². The van der Waals surface area contributed by atoms with E-state index in [9.17, 15) is 0 Å². The average molecular weight is 184 g/mol. The van der Waals surface area contributed by atoms with Gasteiger partial charge in [0.2, 0.25) is 0 Å². The van der Waals surface area contributed by atoms with Crippen molar-refractivity contribution in [1.29, 1.82) is 0 Å². The molecule has 2 saturated heterocycles. The molecule has 2 fully saturated rings. The maximum absolute atomic E-state index is 6.10. The van der Waals surface area contributed by atoms with Crippen LogP contribution in [0.15, 0.2) is 0 Å². The predicted molar refractivity (Wildman–Crippen MR) is 52.3 cm³/mol. The molecule has 0 bridgehead atoms. The molecular weight excluding hydrogens is 164 g/mol. The highest BCUT2D eigenvalue weighted by molar-refractivity contribution is 5.01. The molecule has 2 heterocycles. The molecule has 3 nitrogen and oxygen atoms in total. The van der Waals surface area contributed by atoms with Gasteiger partial charge in [-0.25, -0.2) is 0 Å². The van der Waals surface area contributed by atoms with E-state index in [0.29, 0.717) is 18.0 Å². The van der Waals surface area contributed by atoms with Crippen LogP contribution in [-0.2, 0) is 4.74 Å². The van der Waals surface area contributed by atoms with Crippen LogP contribution in [0.1, 0.15) is 27.2 Å². The minimum Gasteiger partial charge on any atom is -0.359 e. The van der Waals surface area contributed by atoms with Crippen molar-refractivity contribution in [2.75, 3.05) is 13.2 Å². The average Bonchev–Trinajstić information content (AvgIpc) is 2.50. The molecule has 0 aliphatic carbocycles. The number of rotatable bonds is 1. The summed E-state index contributed by atoms with van der Waals surface area (Å²) in [4.78, 5) is 2.42. The van der Waals surface area contributed by atoms with Crippen molar-refractivity contribution in [3.8, 4) is 0 Å². The van der Waals surface area contributed by atoms with E-state index in [1.807, 2.05) is 0 Å². The third kappa shape index (κ3) is 1.30. The first-order chi connectivity index (χ1) is 6.06. The second-order valence-corrected chi connectivity index (χ2v) is 4.71. The van der Waals surface area contributed by atoms with Gasteiger partial charge in [0.05, 0.1) is 6.61 Å². The molecule has 0 spiro atoms. The van der Waals surface area contributed by atoms with E-state index in [2.05, 4.69) is 25.7 Å². The van der Waals surface area contributed by atoms with E-state index in [0.717, 1.165) is 13.2 Å². The molecule has 13 heavy (non-hydrogen) atoms. The molecule has 0 amide bonds. The maximum Gasteiger partial charge on any atom is 0.116 e. The quantitative estimate of drug-likeness (QED) is 0.655. The molecule has 3 heteroatoms. The zero-order chi connectivity index (χ0) is 9.64. The topological polar surface area (TPSA) is 38.5 Å². The van der Waals surface area contributed by atoms with E-state index in [-0.39, 0.29) is 5.72 Å². The van der Waals surface area contributed by atoms with Gasteiger partial charge in [0.15, 0.2) is 0 Å². The molecule has 0 radical (unpaired) electrons. The SMILES string of the molecule is CC[C@@H]1C(N)CN2[C@@H]1COC2(C)C. The van der Waals surface area contributed by atoms with Crippen LogP contribution in [0.5, 0.6) is 0 Å². The van der Waals surface area contributed by atoms with Gasteiger partial charge < -0.3 is 10.5 Å². The van der Waals surface area contributed by atoms with Crippen LogP contribution < -0.4 is 5.73 Å². The summed E-state index contributed by atoms with van der Waals surface area (Å²) in [5.41, 5.74) is 6.01. The minimum absolute atomic E-state index is 0.0911. The Kier molecular flexibility index (Phi) is 2.13. The number of fused-ring (bicyclic) bond motifs is 1. The van der Waals surface area contributed by atoms with Crippen molar-refractivity contribution in [3.05, 3.63) is 0 Å². The summed E-state index contributed by atoms with van der Waals surface area (Å²) in [6.45, 7) is 8.35. The third-order valence-corrected chi connectivity index (χ3v) is 3.62. The van der Waals surface area contributed by atoms with Gasteiger partial charge in [-0.05, 0) is 19.8 Å². The molecule has 2 aliphatic heterocycles. The van der Waals surface area contributed by atoms with Crippen LogP contribution >= 0.6 is 0 Å². The molecular formula is C10H20N2O. The van der Waals surface area contributed by atoms with Crippen molar-refractivity contribution >= 4 is 0 Å². The second kappa shape index (κ2) is 2.94. The number of hydrogen-bond donors (Lipinski definition) is 1. The first-order valence-electron chi connectivity index (χ1n) is 5.22. The molecule has 0 aromatic heterocycles. The summed E-state index contributed by atoms with van der Waals surface area (Å²) in [5.74, 6) is 0.627. The fourth-order valence-electron chi connectivity index (χ4n) is 2.79. The van der Waals surface area contributed by atoms with Crippen molar-refractivity contribution in [2.45, 2.75) is 45.0 Å². The van der Waals surface area contributed by atoms with Gasteiger partial charge in [-0.15, -0.1) is 0 Å². The van der Waals surface area contributed by atoms with E-state index in [1.54, 1.807) is 0 Å². The Balaban J connectivity index is 2.17. The molecule has 2 rings (SSSR count). The van der Waals surface area contributed by atoms with Gasteiger partial charge in [-0.1, -0.05) is 13.3 Å². The summed E-state index contributed by atoms with van der Waals surface area (Å²) < 4.78 is 5.76. The van der Waals surface area contributed by atoms with E-state index in [4.69, 9.17) is 10.5 Å². The van der Waals surface area contributed by atoms with Crippen molar-refractivity contribution in [3.63, 3.8) is 0 Å². The van der Waals surface area contributed by atoms with Gasteiger partial charge >= 0.3 is 0 Å². The first kappa shape index (κ1) is 9.44. The van der Waals surface area contributed by atoms with Gasteiger partial charge in [-0.2, -0.15) is 0 Å². The molecule has 0 aromatic rings. The smallest absolute Gasteiger partial charge is 0.116 e. The summed E-state index contributed by atoms with van der Waals surface area (Å²) in [5, 5.41) is 0. The van der Waals surface area contributed by atoms with Gasteiger partial charge in [0.1, 0.15) is 5.72 Å². The zero-order valence-electron chi connectivity index (χ0n) is 8.79. The Hall–Kier alpha value is -0.120. The first-order valence-corrected chi connectivity index (χ1v) is 5.22. The maximum atomic E-state index is 6.10. The summed E-state index contributed by atoms with van der Waals surface area (Å²) >= 11 is 0. The van der Waals surface area contributed by atoms with Crippen LogP contribution in [0.25, 0.3) is 0 Å². The van der Waals surface area contributed by atoms with Crippen molar-refractivity contribution < 1.29 is 4.74 Å². The lowest BCUT2D eigenvalue weighted by molar-refractivity contribution is -0.0487. The Morgan fingerprint density at radius 1 is 1.54 bits per heavy atom. The highest BCUT2D eigenvalue weighted by atomic mass is 16.5. The lowest BCUT2D eigenvalue weighted by atomic mass is 9.95. The molecule has 0 aromatic carbocycles. The van der Waals surface area contributed by atoms with E-state index < -0.39 is 0 Å². The molecule has 3 atom stereocenters. The highest BCUT2D eigenvalue weighted by Gasteiger charge is 2.50. The fourth-order valence-corrected chi connectivity index (χ4v) is 2.79.